The van der Waals surface area contributed by atoms with Crippen molar-refractivity contribution >= 4 is 15.9 Å². The summed E-state index contributed by atoms with van der Waals surface area (Å²) in [6.45, 7) is 8.99. The molecule has 1 aromatic carbocycles. The summed E-state index contributed by atoms with van der Waals surface area (Å²) in [6.07, 6.45) is 0. The SMILES string of the molecule is CCN1CCN(Cc2cccc(Br)c2OC)CC1. The van der Waals surface area contributed by atoms with E-state index in [9.17, 15) is 0 Å². The third kappa shape index (κ3) is 3.25. The van der Waals surface area contributed by atoms with Crippen LogP contribution in [-0.2, 0) is 6.54 Å². The Hall–Kier alpha value is -0.580. The van der Waals surface area contributed by atoms with Crippen LogP contribution in [0.4, 0.5) is 0 Å². The summed E-state index contributed by atoms with van der Waals surface area (Å²) >= 11 is 3.54. The second-order valence-electron chi connectivity index (χ2n) is 4.64. The predicted octanol–water partition coefficient (Wildman–Crippen LogP) is 2.60. The number of benzene rings is 1. The topological polar surface area (TPSA) is 15.7 Å². The summed E-state index contributed by atoms with van der Waals surface area (Å²) in [5, 5.41) is 0. The zero-order chi connectivity index (χ0) is 13.0. The third-order valence-electron chi connectivity index (χ3n) is 3.56. The number of hydrogen-bond acceptors (Lipinski definition) is 3. The van der Waals surface area contributed by atoms with Gasteiger partial charge in [0.05, 0.1) is 11.6 Å². The van der Waals surface area contributed by atoms with Crippen LogP contribution in [-0.4, -0.2) is 49.6 Å². The number of hydrogen-bond donors (Lipinski definition) is 0. The van der Waals surface area contributed by atoms with Crippen molar-refractivity contribution in [1.29, 1.82) is 0 Å². The summed E-state index contributed by atoms with van der Waals surface area (Å²) < 4.78 is 6.51. The number of nitrogens with zero attached hydrogens (tertiary/aromatic N) is 2. The highest BCUT2D eigenvalue weighted by atomic mass is 79.9. The van der Waals surface area contributed by atoms with E-state index < -0.39 is 0 Å². The van der Waals surface area contributed by atoms with Crippen molar-refractivity contribution in [2.45, 2.75) is 13.5 Å². The van der Waals surface area contributed by atoms with E-state index in [1.54, 1.807) is 7.11 Å². The van der Waals surface area contributed by atoms with Gasteiger partial charge in [-0.1, -0.05) is 19.1 Å². The molecule has 1 aliphatic heterocycles. The molecule has 1 aromatic rings. The van der Waals surface area contributed by atoms with Crippen LogP contribution in [0.3, 0.4) is 0 Å². The van der Waals surface area contributed by atoms with Crippen molar-refractivity contribution in [3.63, 3.8) is 0 Å². The molecule has 0 spiro atoms. The van der Waals surface area contributed by atoms with Crippen molar-refractivity contribution in [2.24, 2.45) is 0 Å². The summed E-state index contributed by atoms with van der Waals surface area (Å²) in [7, 11) is 1.73. The Kier molecular flexibility index (Phi) is 5.03. The van der Waals surface area contributed by atoms with Gasteiger partial charge in [0.15, 0.2) is 0 Å². The molecule has 0 aliphatic carbocycles. The van der Waals surface area contributed by atoms with Gasteiger partial charge in [0.2, 0.25) is 0 Å². The van der Waals surface area contributed by atoms with Crippen molar-refractivity contribution in [3.8, 4) is 5.75 Å². The van der Waals surface area contributed by atoms with Crippen LogP contribution >= 0.6 is 15.9 Å². The molecule has 1 saturated heterocycles. The molecule has 0 amide bonds. The lowest BCUT2D eigenvalue weighted by atomic mass is 10.1. The lowest BCUT2D eigenvalue weighted by Gasteiger charge is -2.34. The maximum atomic E-state index is 5.48. The van der Waals surface area contributed by atoms with Gasteiger partial charge in [0.25, 0.3) is 0 Å². The van der Waals surface area contributed by atoms with E-state index in [-0.39, 0.29) is 0 Å². The zero-order valence-electron chi connectivity index (χ0n) is 11.2. The van der Waals surface area contributed by atoms with Crippen LogP contribution in [0.25, 0.3) is 0 Å². The van der Waals surface area contributed by atoms with Crippen molar-refractivity contribution in [1.82, 2.24) is 9.80 Å². The predicted molar refractivity (Wildman–Crippen MR) is 78.1 cm³/mol. The van der Waals surface area contributed by atoms with Gasteiger partial charge in [0.1, 0.15) is 5.75 Å². The molecule has 1 aliphatic rings. The molecule has 1 fully saturated rings. The fourth-order valence-electron chi connectivity index (χ4n) is 2.41. The van der Waals surface area contributed by atoms with Gasteiger partial charge < -0.3 is 9.64 Å². The Morgan fingerprint density at radius 2 is 1.83 bits per heavy atom. The van der Waals surface area contributed by atoms with Crippen LogP contribution in [0.1, 0.15) is 12.5 Å². The minimum Gasteiger partial charge on any atom is -0.495 e. The fourth-order valence-corrected chi connectivity index (χ4v) is 2.98. The first-order chi connectivity index (χ1) is 8.74. The first-order valence-corrected chi connectivity index (χ1v) is 7.30. The number of halogens is 1. The van der Waals surface area contributed by atoms with E-state index >= 15 is 0 Å². The first-order valence-electron chi connectivity index (χ1n) is 6.50. The van der Waals surface area contributed by atoms with Gasteiger partial charge in [-0.2, -0.15) is 0 Å². The Labute approximate surface area is 118 Å². The molecule has 0 aromatic heterocycles. The fraction of sp³-hybridized carbons (Fsp3) is 0.571. The van der Waals surface area contributed by atoms with E-state index in [4.69, 9.17) is 4.74 Å². The maximum Gasteiger partial charge on any atom is 0.137 e. The van der Waals surface area contributed by atoms with E-state index in [2.05, 4.69) is 44.8 Å². The van der Waals surface area contributed by atoms with Crippen LogP contribution in [0.2, 0.25) is 0 Å². The lowest BCUT2D eigenvalue weighted by molar-refractivity contribution is 0.131. The van der Waals surface area contributed by atoms with Gasteiger partial charge >= 0.3 is 0 Å². The minimum atomic E-state index is 0.968. The second-order valence-corrected chi connectivity index (χ2v) is 5.50. The van der Waals surface area contributed by atoms with Gasteiger partial charge in [-0.05, 0) is 28.5 Å². The second kappa shape index (κ2) is 6.55. The lowest BCUT2D eigenvalue weighted by Crippen LogP contribution is -2.45. The third-order valence-corrected chi connectivity index (χ3v) is 4.18. The first kappa shape index (κ1) is 13.8. The van der Waals surface area contributed by atoms with Gasteiger partial charge in [0, 0.05) is 38.3 Å². The molecule has 4 heteroatoms. The van der Waals surface area contributed by atoms with E-state index in [1.165, 1.54) is 18.7 Å². The molecular weight excluding hydrogens is 292 g/mol. The number of piperazine rings is 1. The Bertz CT molecular complexity index is 389. The largest absolute Gasteiger partial charge is 0.495 e. The molecule has 0 unspecified atom stereocenters. The molecule has 0 N–H and O–H groups in total. The minimum absolute atomic E-state index is 0.968. The highest BCUT2D eigenvalue weighted by Gasteiger charge is 2.17. The quantitative estimate of drug-likeness (QED) is 0.850. The van der Waals surface area contributed by atoms with Crippen molar-refractivity contribution < 1.29 is 4.74 Å². The number of ether oxygens (including phenoxy) is 1. The van der Waals surface area contributed by atoms with Gasteiger partial charge in [-0.25, -0.2) is 0 Å². The maximum absolute atomic E-state index is 5.48. The Balaban J connectivity index is 2.00. The molecule has 2 rings (SSSR count). The van der Waals surface area contributed by atoms with Crippen LogP contribution < -0.4 is 4.74 Å². The number of methoxy groups -OCH3 is 1. The summed E-state index contributed by atoms with van der Waals surface area (Å²) in [6, 6.07) is 6.25. The van der Waals surface area contributed by atoms with Gasteiger partial charge in [-0.15, -0.1) is 0 Å². The highest BCUT2D eigenvalue weighted by Crippen LogP contribution is 2.29. The zero-order valence-corrected chi connectivity index (χ0v) is 12.7. The van der Waals surface area contributed by atoms with E-state index in [1.807, 2.05) is 6.07 Å². The van der Waals surface area contributed by atoms with E-state index in [0.717, 1.165) is 36.4 Å². The van der Waals surface area contributed by atoms with Crippen LogP contribution in [0, 0.1) is 0 Å². The number of rotatable bonds is 4. The summed E-state index contributed by atoms with van der Waals surface area (Å²) in [4.78, 5) is 4.99. The molecule has 0 saturated carbocycles. The van der Waals surface area contributed by atoms with Crippen molar-refractivity contribution in [3.05, 3.63) is 28.2 Å². The molecule has 0 radical (unpaired) electrons. The van der Waals surface area contributed by atoms with Crippen LogP contribution in [0.15, 0.2) is 22.7 Å². The standard InChI is InChI=1S/C14H21BrN2O/c1-3-16-7-9-17(10-8-16)11-12-5-4-6-13(15)14(12)18-2/h4-6H,3,7-11H2,1-2H3. The van der Waals surface area contributed by atoms with Crippen LogP contribution in [0.5, 0.6) is 5.75 Å². The molecular formula is C14H21BrN2O. The smallest absolute Gasteiger partial charge is 0.137 e. The van der Waals surface area contributed by atoms with Gasteiger partial charge in [-0.3, -0.25) is 4.90 Å². The van der Waals surface area contributed by atoms with Crippen molar-refractivity contribution in [2.75, 3.05) is 39.8 Å². The average Bonchev–Trinajstić information content (AvgIpc) is 2.40. The number of para-hydroxylation sites is 1. The molecule has 1 heterocycles. The molecule has 0 bridgehead atoms. The van der Waals surface area contributed by atoms with E-state index in [0.29, 0.717) is 0 Å². The number of likely N-dealkylation sites (N-methyl/N-ethyl adjacent to an activating group) is 1. The molecule has 3 nitrogen and oxygen atoms in total. The monoisotopic (exact) mass is 312 g/mol. The Morgan fingerprint density at radius 1 is 1.17 bits per heavy atom. The summed E-state index contributed by atoms with van der Waals surface area (Å²) in [5.41, 5.74) is 1.26. The normalized spacial score (nSPS) is 17.9. The summed E-state index contributed by atoms with van der Waals surface area (Å²) in [5.74, 6) is 0.968. The Morgan fingerprint density at radius 3 is 2.44 bits per heavy atom. The molecule has 100 valence electrons. The average molecular weight is 313 g/mol. The highest BCUT2D eigenvalue weighted by molar-refractivity contribution is 9.10. The molecule has 0 atom stereocenters. The molecule has 18 heavy (non-hydrogen) atoms.